The fraction of sp³-hybridized carbons (Fsp3) is 0.200. The first-order valence-corrected chi connectivity index (χ1v) is 11.8. The van der Waals surface area contributed by atoms with Crippen molar-refractivity contribution >= 4 is 40.3 Å². The molecule has 1 amide bonds. The normalized spacial score (nSPS) is 15.9. The van der Waals surface area contributed by atoms with Crippen molar-refractivity contribution in [1.29, 1.82) is 0 Å². The lowest BCUT2D eigenvalue weighted by atomic mass is 10.2. The Morgan fingerprint density at radius 1 is 1.12 bits per heavy atom. The highest BCUT2D eigenvalue weighted by atomic mass is 32.2. The number of nitrogens with zero attached hydrogens (tertiary/aromatic N) is 4. The summed E-state index contributed by atoms with van der Waals surface area (Å²) in [6.45, 7) is 5.10. The van der Waals surface area contributed by atoms with Crippen LogP contribution in [0.1, 0.15) is 26.0 Å². The minimum Gasteiger partial charge on any atom is -0.494 e. The maximum atomic E-state index is 13.2. The standard InChI is InChI=1S/C25H24N4O4S/c1-3-14-28-24(30)23(34-25(28)26-18-10-12-22(13-11-18)33-4-2)17-20-9-6-15-27(20)19-7-5-8-21(16-19)29(31)32/h5-13,15-17H,3-4,14H2,1-2H3. The molecule has 4 rings (SSSR count). The molecule has 1 aliphatic heterocycles. The van der Waals surface area contributed by atoms with Crippen LogP contribution in [0.15, 0.2) is 76.8 Å². The van der Waals surface area contributed by atoms with E-state index >= 15 is 0 Å². The van der Waals surface area contributed by atoms with Gasteiger partial charge in [0.2, 0.25) is 0 Å². The van der Waals surface area contributed by atoms with Crippen LogP contribution in [0.4, 0.5) is 11.4 Å². The summed E-state index contributed by atoms with van der Waals surface area (Å²) in [5.41, 5.74) is 2.14. The van der Waals surface area contributed by atoms with E-state index in [0.717, 1.165) is 23.6 Å². The van der Waals surface area contributed by atoms with Crippen molar-refractivity contribution in [2.45, 2.75) is 20.3 Å². The van der Waals surface area contributed by atoms with E-state index in [1.54, 1.807) is 23.1 Å². The second-order valence-electron chi connectivity index (χ2n) is 7.47. The van der Waals surface area contributed by atoms with Crippen molar-refractivity contribution in [2.24, 2.45) is 4.99 Å². The molecule has 2 aromatic carbocycles. The molecule has 0 aliphatic carbocycles. The van der Waals surface area contributed by atoms with E-state index in [2.05, 4.69) is 0 Å². The highest BCUT2D eigenvalue weighted by Gasteiger charge is 2.33. The van der Waals surface area contributed by atoms with E-state index in [1.165, 1.54) is 23.9 Å². The van der Waals surface area contributed by atoms with Crippen LogP contribution in [0, 0.1) is 10.1 Å². The first-order chi connectivity index (χ1) is 16.5. The number of thioether (sulfide) groups is 1. The largest absolute Gasteiger partial charge is 0.494 e. The molecule has 174 valence electrons. The van der Waals surface area contributed by atoms with Crippen molar-refractivity contribution in [1.82, 2.24) is 9.47 Å². The quantitative estimate of drug-likeness (QED) is 0.233. The van der Waals surface area contributed by atoms with Gasteiger partial charge in [-0.25, -0.2) is 4.99 Å². The van der Waals surface area contributed by atoms with Gasteiger partial charge in [0.25, 0.3) is 11.6 Å². The van der Waals surface area contributed by atoms with E-state index in [-0.39, 0.29) is 11.6 Å². The average Bonchev–Trinajstić information content (AvgIpc) is 3.41. The predicted molar refractivity (Wildman–Crippen MR) is 135 cm³/mol. The monoisotopic (exact) mass is 476 g/mol. The molecule has 8 nitrogen and oxygen atoms in total. The molecule has 1 saturated heterocycles. The molecule has 3 aromatic rings. The van der Waals surface area contributed by atoms with Crippen LogP contribution < -0.4 is 4.74 Å². The number of aromatic nitrogens is 1. The summed E-state index contributed by atoms with van der Waals surface area (Å²) in [4.78, 5) is 30.9. The zero-order valence-corrected chi connectivity index (χ0v) is 19.7. The third-order valence-corrected chi connectivity index (χ3v) is 6.09. The van der Waals surface area contributed by atoms with Gasteiger partial charge in [0.1, 0.15) is 5.75 Å². The molecule has 1 aliphatic rings. The Kier molecular flexibility index (Phi) is 7.12. The van der Waals surface area contributed by atoms with Gasteiger partial charge in [0.15, 0.2) is 5.17 Å². The van der Waals surface area contributed by atoms with Gasteiger partial charge in [-0.3, -0.25) is 19.8 Å². The number of hydrogen-bond acceptors (Lipinski definition) is 6. The Morgan fingerprint density at radius 3 is 2.62 bits per heavy atom. The van der Waals surface area contributed by atoms with Gasteiger partial charge in [-0.15, -0.1) is 0 Å². The minimum atomic E-state index is -0.423. The number of amides is 1. The van der Waals surface area contributed by atoms with Gasteiger partial charge in [-0.05, 0) is 73.6 Å². The van der Waals surface area contributed by atoms with Crippen LogP contribution in [0.2, 0.25) is 0 Å². The van der Waals surface area contributed by atoms with Crippen LogP contribution in [-0.4, -0.2) is 38.6 Å². The maximum Gasteiger partial charge on any atom is 0.271 e. The number of benzene rings is 2. The SMILES string of the molecule is CCCN1C(=O)C(=Cc2cccn2-c2cccc([N+](=O)[O-])c2)SC1=Nc1ccc(OCC)cc1. The van der Waals surface area contributed by atoms with E-state index in [0.29, 0.717) is 28.9 Å². The summed E-state index contributed by atoms with van der Waals surface area (Å²) in [6, 6.07) is 17.5. The van der Waals surface area contributed by atoms with Crippen LogP contribution in [0.25, 0.3) is 11.8 Å². The molecule has 0 spiro atoms. The summed E-state index contributed by atoms with van der Waals surface area (Å²) in [7, 11) is 0. The van der Waals surface area contributed by atoms with Crippen molar-refractivity contribution in [3.05, 3.63) is 87.6 Å². The van der Waals surface area contributed by atoms with E-state index in [1.807, 2.05) is 61.0 Å². The van der Waals surface area contributed by atoms with Crippen molar-refractivity contribution < 1.29 is 14.5 Å². The number of aliphatic imine (C=N–C) groups is 1. The zero-order valence-electron chi connectivity index (χ0n) is 18.9. The lowest BCUT2D eigenvalue weighted by molar-refractivity contribution is -0.384. The summed E-state index contributed by atoms with van der Waals surface area (Å²) < 4.78 is 7.30. The number of nitro benzene ring substituents is 1. The highest BCUT2D eigenvalue weighted by Crippen LogP contribution is 2.35. The van der Waals surface area contributed by atoms with Gasteiger partial charge in [0.05, 0.1) is 27.8 Å². The number of rotatable bonds is 8. The Balaban J connectivity index is 1.65. The second-order valence-corrected chi connectivity index (χ2v) is 8.48. The third kappa shape index (κ3) is 5.04. The molecule has 9 heteroatoms. The average molecular weight is 477 g/mol. The topological polar surface area (TPSA) is 90.0 Å². The number of carbonyl (C=O) groups excluding carboxylic acids is 1. The Morgan fingerprint density at radius 2 is 1.91 bits per heavy atom. The van der Waals surface area contributed by atoms with Crippen LogP contribution in [-0.2, 0) is 4.79 Å². The molecular formula is C25H24N4O4S. The van der Waals surface area contributed by atoms with Crippen molar-refractivity contribution in [3.8, 4) is 11.4 Å². The van der Waals surface area contributed by atoms with E-state index in [9.17, 15) is 14.9 Å². The van der Waals surface area contributed by atoms with Crippen LogP contribution >= 0.6 is 11.8 Å². The van der Waals surface area contributed by atoms with Gasteiger partial charge in [0, 0.05) is 30.6 Å². The molecule has 0 atom stereocenters. The summed E-state index contributed by atoms with van der Waals surface area (Å²) in [5.74, 6) is 0.665. The van der Waals surface area contributed by atoms with Crippen LogP contribution in [0.3, 0.4) is 0 Å². The van der Waals surface area contributed by atoms with Crippen molar-refractivity contribution in [2.75, 3.05) is 13.2 Å². The van der Waals surface area contributed by atoms with Gasteiger partial charge in [-0.1, -0.05) is 13.0 Å². The predicted octanol–water partition coefficient (Wildman–Crippen LogP) is 5.80. The molecule has 0 N–H and O–H groups in total. The number of non-ortho nitro benzene ring substituents is 1. The Hall–Kier alpha value is -3.85. The molecular weight excluding hydrogens is 452 g/mol. The zero-order chi connectivity index (χ0) is 24.1. The molecule has 1 fully saturated rings. The van der Waals surface area contributed by atoms with E-state index < -0.39 is 4.92 Å². The number of nitro groups is 1. The molecule has 0 unspecified atom stereocenters. The number of ether oxygens (including phenoxy) is 1. The number of carbonyl (C=O) groups is 1. The smallest absolute Gasteiger partial charge is 0.271 e. The number of amidine groups is 1. The molecule has 2 heterocycles. The van der Waals surface area contributed by atoms with Crippen LogP contribution in [0.5, 0.6) is 5.75 Å². The summed E-state index contributed by atoms with van der Waals surface area (Å²) in [5, 5.41) is 11.8. The first-order valence-electron chi connectivity index (χ1n) is 10.9. The highest BCUT2D eigenvalue weighted by molar-refractivity contribution is 8.18. The Bertz CT molecular complexity index is 1260. The first kappa shape index (κ1) is 23.3. The molecule has 0 bridgehead atoms. The lowest BCUT2D eigenvalue weighted by Gasteiger charge is -2.14. The molecule has 0 radical (unpaired) electrons. The summed E-state index contributed by atoms with van der Waals surface area (Å²) in [6.07, 6.45) is 4.41. The fourth-order valence-electron chi connectivity index (χ4n) is 3.54. The van der Waals surface area contributed by atoms with Gasteiger partial charge >= 0.3 is 0 Å². The summed E-state index contributed by atoms with van der Waals surface area (Å²) >= 11 is 1.32. The lowest BCUT2D eigenvalue weighted by Crippen LogP contribution is -2.29. The number of hydrogen-bond donors (Lipinski definition) is 0. The molecule has 34 heavy (non-hydrogen) atoms. The van der Waals surface area contributed by atoms with Gasteiger partial charge < -0.3 is 9.30 Å². The second kappa shape index (κ2) is 10.4. The Labute approximate surface area is 201 Å². The maximum absolute atomic E-state index is 13.2. The van der Waals surface area contributed by atoms with Crippen molar-refractivity contribution in [3.63, 3.8) is 0 Å². The third-order valence-electron chi connectivity index (χ3n) is 5.09. The molecule has 1 aromatic heterocycles. The van der Waals surface area contributed by atoms with E-state index in [4.69, 9.17) is 9.73 Å². The molecule has 0 saturated carbocycles. The fourth-order valence-corrected chi connectivity index (χ4v) is 4.55. The van der Waals surface area contributed by atoms with Gasteiger partial charge in [-0.2, -0.15) is 0 Å². The minimum absolute atomic E-state index is 0.00927.